The first-order chi connectivity index (χ1) is 10.7. The predicted molar refractivity (Wildman–Crippen MR) is 84.0 cm³/mol. The van der Waals surface area contributed by atoms with Crippen LogP contribution < -0.4 is 11.0 Å². The van der Waals surface area contributed by atoms with E-state index in [2.05, 4.69) is 10.1 Å². The molecule has 0 bridgehead atoms. The third-order valence-electron chi connectivity index (χ3n) is 4.31. The lowest BCUT2D eigenvalue weighted by molar-refractivity contribution is -0.140. The molecule has 2 aromatic rings. The number of carbonyl (C=O) groups is 1. The number of ether oxygens (including phenoxy) is 1. The van der Waals surface area contributed by atoms with Gasteiger partial charge in [0.15, 0.2) is 0 Å². The number of hydrogen-bond acceptors (Lipinski definition) is 4. The van der Waals surface area contributed by atoms with E-state index in [1.165, 1.54) is 7.11 Å². The van der Waals surface area contributed by atoms with Gasteiger partial charge in [-0.05, 0) is 38.1 Å². The molecule has 3 rings (SSSR count). The highest BCUT2D eigenvalue weighted by Gasteiger charge is 2.22. The number of hydrogen-bond donors (Lipinski definition) is 1. The lowest BCUT2D eigenvalue weighted by Crippen LogP contribution is -2.35. The number of fused-ring (bicyclic) bond motifs is 1. The number of nitrogens with zero attached hydrogens (tertiary/aromatic N) is 2. The van der Waals surface area contributed by atoms with Crippen LogP contribution in [0, 0.1) is 0 Å². The van der Waals surface area contributed by atoms with E-state index in [4.69, 9.17) is 0 Å². The van der Waals surface area contributed by atoms with Crippen LogP contribution in [0.3, 0.4) is 0 Å². The molecule has 1 aromatic carbocycles. The van der Waals surface area contributed by atoms with Gasteiger partial charge in [-0.25, -0.2) is 4.79 Å². The van der Waals surface area contributed by atoms with Crippen LogP contribution in [-0.4, -0.2) is 35.3 Å². The summed E-state index contributed by atoms with van der Waals surface area (Å²) in [4.78, 5) is 24.2. The predicted octanol–water partition coefficient (Wildman–Crippen LogP) is 1.29. The number of imidazole rings is 1. The van der Waals surface area contributed by atoms with E-state index in [1.54, 1.807) is 4.57 Å². The van der Waals surface area contributed by atoms with Crippen LogP contribution in [0.4, 0.5) is 0 Å². The van der Waals surface area contributed by atoms with E-state index in [0.717, 1.165) is 37.0 Å². The second-order valence-corrected chi connectivity index (χ2v) is 5.60. The number of aryl methyl sites for hydroxylation is 1. The van der Waals surface area contributed by atoms with Crippen LogP contribution in [0.1, 0.15) is 25.3 Å². The minimum Gasteiger partial charge on any atom is -0.469 e. The number of piperidine rings is 1. The molecule has 118 valence electrons. The number of aromatic nitrogens is 2. The van der Waals surface area contributed by atoms with Gasteiger partial charge in [0.25, 0.3) is 0 Å². The number of rotatable bonds is 4. The molecule has 1 aromatic heterocycles. The van der Waals surface area contributed by atoms with Crippen LogP contribution in [0.15, 0.2) is 29.1 Å². The Hall–Kier alpha value is -2.08. The van der Waals surface area contributed by atoms with E-state index in [0.29, 0.717) is 6.54 Å². The quantitative estimate of drug-likeness (QED) is 0.865. The van der Waals surface area contributed by atoms with E-state index in [-0.39, 0.29) is 24.1 Å². The summed E-state index contributed by atoms with van der Waals surface area (Å²) in [6.07, 6.45) is 2.10. The Balaban J connectivity index is 2.03. The Bertz CT molecular complexity index is 726. The second-order valence-electron chi connectivity index (χ2n) is 5.60. The van der Waals surface area contributed by atoms with Gasteiger partial charge in [0.2, 0.25) is 0 Å². The monoisotopic (exact) mass is 303 g/mol. The maximum absolute atomic E-state index is 12.8. The molecule has 6 nitrogen and oxygen atoms in total. The van der Waals surface area contributed by atoms with Crippen LogP contribution in [-0.2, 0) is 16.1 Å². The Morgan fingerprint density at radius 2 is 1.95 bits per heavy atom. The highest BCUT2D eigenvalue weighted by Crippen LogP contribution is 2.23. The summed E-state index contributed by atoms with van der Waals surface area (Å²) in [7, 11) is 1.36. The summed E-state index contributed by atoms with van der Waals surface area (Å²) >= 11 is 0. The zero-order chi connectivity index (χ0) is 15.5. The number of carbonyl (C=O) groups excluding carboxylic acids is 1. The molecule has 0 amide bonds. The normalized spacial score (nSPS) is 16.0. The maximum atomic E-state index is 12.8. The first kappa shape index (κ1) is 14.8. The highest BCUT2D eigenvalue weighted by atomic mass is 16.5. The SMILES string of the molecule is COC(=O)CCn1c(=O)n(C2CCNCC2)c2ccccc21. The molecule has 0 aliphatic carbocycles. The molecule has 1 aliphatic rings. The average Bonchev–Trinajstić information content (AvgIpc) is 2.85. The van der Waals surface area contributed by atoms with Gasteiger partial charge in [-0.2, -0.15) is 0 Å². The summed E-state index contributed by atoms with van der Waals surface area (Å²) in [5, 5.41) is 3.32. The van der Waals surface area contributed by atoms with Gasteiger partial charge in [-0.15, -0.1) is 0 Å². The summed E-state index contributed by atoms with van der Waals surface area (Å²) in [5.74, 6) is -0.300. The molecule has 1 aliphatic heterocycles. The zero-order valence-corrected chi connectivity index (χ0v) is 12.7. The molecule has 2 heterocycles. The van der Waals surface area contributed by atoms with Gasteiger partial charge in [-0.3, -0.25) is 13.9 Å². The van der Waals surface area contributed by atoms with Crippen molar-refractivity contribution in [3.63, 3.8) is 0 Å². The molecule has 22 heavy (non-hydrogen) atoms. The van der Waals surface area contributed by atoms with Gasteiger partial charge < -0.3 is 10.1 Å². The minimum atomic E-state index is -0.300. The number of benzene rings is 1. The van der Waals surface area contributed by atoms with Crippen molar-refractivity contribution in [1.82, 2.24) is 14.5 Å². The van der Waals surface area contributed by atoms with Crippen molar-refractivity contribution in [2.24, 2.45) is 0 Å². The molecule has 0 saturated carbocycles. The smallest absolute Gasteiger partial charge is 0.329 e. The Morgan fingerprint density at radius 1 is 1.27 bits per heavy atom. The Labute approximate surface area is 128 Å². The van der Waals surface area contributed by atoms with Crippen LogP contribution >= 0.6 is 0 Å². The van der Waals surface area contributed by atoms with E-state index in [9.17, 15) is 9.59 Å². The lowest BCUT2D eigenvalue weighted by atomic mass is 10.1. The van der Waals surface area contributed by atoms with Crippen molar-refractivity contribution >= 4 is 17.0 Å². The molecular formula is C16H21N3O3. The van der Waals surface area contributed by atoms with Crippen molar-refractivity contribution < 1.29 is 9.53 Å². The third-order valence-corrected chi connectivity index (χ3v) is 4.31. The summed E-state index contributed by atoms with van der Waals surface area (Å²) in [6.45, 7) is 2.21. The molecule has 0 spiro atoms. The molecule has 0 unspecified atom stereocenters. The molecule has 1 saturated heterocycles. The van der Waals surface area contributed by atoms with Crippen LogP contribution in [0.2, 0.25) is 0 Å². The number of nitrogens with one attached hydrogen (secondary N) is 1. The van der Waals surface area contributed by atoms with Gasteiger partial charge in [-0.1, -0.05) is 12.1 Å². The third kappa shape index (κ3) is 2.66. The first-order valence-corrected chi connectivity index (χ1v) is 7.69. The summed E-state index contributed by atoms with van der Waals surface area (Å²) in [6, 6.07) is 8.00. The van der Waals surface area contributed by atoms with Gasteiger partial charge in [0, 0.05) is 12.6 Å². The Kier molecular flexibility index (Phi) is 4.29. The van der Waals surface area contributed by atoms with Crippen LogP contribution in [0.25, 0.3) is 11.0 Å². The van der Waals surface area contributed by atoms with E-state index in [1.807, 2.05) is 28.8 Å². The molecule has 1 N–H and O–H groups in total. The average molecular weight is 303 g/mol. The lowest BCUT2D eigenvalue weighted by Gasteiger charge is -2.23. The Morgan fingerprint density at radius 3 is 2.64 bits per heavy atom. The zero-order valence-electron chi connectivity index (χ0n) is 12.7. The van der Waals surface area contributed by atoms with Crippen molar-refractivity contribution in [2.75, 3.05) is 20.2 Å². The van der Waals surface area contributed by atoms with Gasteiger partial charge in [0.1, 0.15) is 0 Å². The molecular weight excluding hydrogens is 282 g/mol. The molecule has 0 radical (unpaired) electrons. The van der Waals surface area contributed by atoms with Gasteiger partial charge in [0.05, 0.1) is 24.6 Å². The molecule has 6 heteroatoms. The summed E-state index contributed by atoms with van der Waals surface area (Å²) in [5.41, 5.74) is 1.80. The van der Waals surface area contributed by atoms with Crippen molar-refractivity contribution in [2.45, 2.75) is 31.8 Å². The fourth-order valence-electron chi connectivity index (χ4n) is 3.17. The number of para-hydroxylation sites is 2. The second kappa shape index (κ2) is 6.36. The topological polar surface area (TPSA) is 65.3 Å². The van der Waals surface area contributed by atoms with E-state index < -0.39 is 0 Å². The largest absolute Gasteiger partial charge is 0.469 e. The van der Waals surface area contributed by atoms with Gasteiger partial charge >= 0.3 is 11.7 Å². The maximum Gasteiger partial charge on any atom is 0.329 e. The first-order valence-electron chi connectivity index (χ1n) is 7.69. The van der Waals surface area contributed by atoms with E-state index >= 15 is 0 Å². The minimum absolute atomic E-state index is 0.0306. The van der Waals surface area contributed by atoms with Crippen LogP contribution in [0.5, 0.6) is 0 Å². The van der Waals surface area contributed by atoms with Crippen molar-refractivity contribution in [1.29, 1.82) is 0 Å². The molecule has 0 atom stereocenters. The fourth-order valence-corrected chi connectivity index (χ4v) is 3.17. The highest BCUT2D eigenvalue weighted by molar-refractivity contribution is 5.76. The van der Waals surface area contributed by atoms with Crippen molar-refractivity contribution in [3.05, 3.63) is 34.7 Å². The van der Waals surface area contributed by atoms with Crippen molar-refractivity contribution in [3.8, 4) is 0 Å². The number of methoxy groups -OCH3 is 1. The summed E-state index contributed by atoms with van der Waals surface area (Å²) < 4.78 is 8.26. The standard InChI is InChI=1S/C16H21N3O3/c1-22-15(20)8-11-18-13-4-2-3-5-14(13)19(16(18)21)12-6-9-17-10-7-12/h2-5,12,17H,6-11H2,1H3. The fraction of sp³-hybridized carbons (Fsp3) is 0.500. The molecule has 1 fully saturated rings. The number of esters is 1.